The van der Waals surface area contributed by atoms with Crippen molar-refractivity contribution in [3.05, 3.63) is 0 Å². The molecular weight excluding hydrogens is 254 g/mol. The van der Waals surface area contributed by atoms with Crippen molar-refractivity contribution in [2.45, 2.75) is 37.3 Å². The highest BCUT2D eigenvalue weighted by Gasteiger charge is 2.44. The van der Waals surface area contributed by atoms with Crippen LogP contribution in [0.5, 0.6) is 0 Å². The zero-order valence-electron chi connectivity index (χ0n) is 11.2. The summed E-state index contributed by atoms with van der Waals surface area (Å²) in [4.78, 5) is 2.02. The molecule has 5 nitrogen and oxygen atoms in total. The quantitative estimate of drug-likeness (QED) is 0.789. The molecule has 0 radical (unpaired) electrons. The fraction of sp³-hybridized carbons (Fsp3) is 1.00. The summed E-state index contributed by atoms with van der Waals surface area (Å²) >= 11 is 0. The summed E-state index contributed by atoms with van der Waals surface area (Å²) in [6.45, 7) is 3.65. The molecule has 6 heteroatoms. The Bertz CT molecular complexity index is 402. The van der Waals surface area contributed by atoms with Crippen molar-refractivity contribution in [2.24, 2.45) is 0 Å². The Kier molecular flexibility index (Phi) is 3.75. The van der Waals surface area contributed by atoms with E-state index in [0.717, 1.165) is 0 Å². The van der Waals surface area contributed by atoms with Crippen molar-refractivity contribution in [1.82, 2.24) is 4.90 Å². The minimum atomic E-state index is -2.91. The Morgan fingerprint density at radius 2 is 1.89 bits per heavy atom. The number of ether oxygens (including phenoxy) is 1. The summed E-state index contributed by atoms with van der Waals surface area (Å²) in [6, 6.07) is 0. The zero-order valence-corrected chi connectivity index (χ0v) is 12.0. The van der Waals surface area contributed by atoms with Crippen molar-refractivity contribution in [3.8, 4) is 0 Å². The molecule has 2 fully saturated rings. The van der Waals surface area contributed by atoms with E-state index in [1.165, 1.54) is 0 Å². The van der Waals surface area contributed by atoms with Gasteiger partial charge in [0.25, 0.3) is 0 Å². The lowest BCUT2D eigenvalue weighted by Gasteiger charge is -2.41. The predicted octanol–water partition coefficient (Wildman–Crippen LogP) is 0.0369. The van der Waals surface area contributed by atoms with E-state index >= 15 is 0 Å². The van der Waals surface area contributed by atoms with Gasteiger partial charge in [-0.05, 0) is 20.4 Å². The summed E-state index contributed by atoms with van der Waals surface area (Å²) in [5, 5.41) is 10.5. The van der Waals surface area contributed by atoms with Gasteiger partial charge < -0.3 is 9.84 Å². The molecule has 18 heavy (non-hydrogen) atoms. The van der Waals surface area contributed by atoms with Crippen LogP contribution in [0.2, 0.25) is 0 Å². The smallest absolute Gasteiger partial charge is 0.152 e. The van der Waals surface area contributed by atoms with Crippen molar-refractivity contribution < 1.29 is 18.3 Å². The SMILES string of the molecule is CN(CC1(O)CCOCC1)C1(C)CCS(=O)(=O)C1. The molecule has 0 aromatic carbocycles. The molecule has 0 bridgehead atoms. The van der Waals surface area contributed by atoms with Crippen LogP contribution >= 0.6 is 0 Å². The van der Waals surface area contributed by atoms with Gasteiger partial charge in [0, 0.05) is 38.1 Å². The first-order chi connectivity index (χ1) is 8.25. The number of hydrogen-bond donors (Lipinski definition) is 1. The summed E-state index contributed by atoms with van der Waals surface area (Å²) in [5.41, 5.74) is -1.07. The molecule has 106 valence electrons. The van der Waals surface area contributed by atoms with Crippen LogP contribution < -0.4 is 0 Å². The highest BCUT2D eigenvalue weighted by Crippen LogP contribution is 2.31. The number of aliphatic hydroxyl groups is 1. The van der Waals surface area contributed by atoms with Crippen LogP contribution in [0.25, 0.3) is 0 Å². The normalized spacial score (nSPS) is 34.9. The van der Waals surface area contributed by atoms with Gasteiger partial charge in [0.1, 0.15) is 0 Å². The van der Waals surface area contributed by atoms with Crippen LogP contribution in [0.1, 0.15) is 26.2 Å². The highest BCUT2D eigenvalue weighted by atomic mass is 32.2. The van der Waals surface area contributed by atoms with E-state index in [2.05, 4.69) is 0 Å². The largest absolute Gasteiger partial charge is 0.388 e. The lowest BCUT2D eigenvalue weighted by Crippen LogP contribution is -2.53. The number of rotatable bonds is 3. The van der Waals surface area contributed by atoms with Gasteiger partial charge in [-0.3, -0.25) is 4.90 Å². The standard InChI is InChI=1S/C12H23NO4S/c1-11(5-8-18(15,16)10-11)13(2)9-12(14)3-6-17-7-4-12/h14H,3-10H2,1-2H3. The van der Waals surface area contributed by atoms with Gasteiger partial charge in [-0.25, -0.2) is 8.42 Å². The maximum Gasteiger partial charge on any atom is 0.152 e. The van der Waals surface area contributed by atoms with E-state index in [0.29, 0.717) is 39.0 Å². The van der Waals surface area contributed by atoms with Gasteiger partial charge in [0.05, 0.1) is 17.1 Å². The van der Waals surface area contributed by atoms with E-state index in [1.54, 1.807) is 0 Å². The van der Waals surface area contributed by atoms with Crippen LogP contribution in [0, 0.1) is 0 Å². The van der Waals surface area contributed by atoms with Crippen LogP contribution in [0.15, 0.2) is 0 Å². The summed E-state index contributed by atoms with van der Waals surface area (Å²) in [7, 11) is -0.997. The molecular formula is C12H23NO4S. The lowest BCUT2D eigenvalue weighted by molar-refractivity contribution is -0.0871. The van der Waals surface area contributed by atoms with Crippen molar-refractivity contribution in [3.63, 3.8) is 0 Å². The van der Waals surface area contributed by atoms with E-state index in [9.17, 15) is 13.5 Å². The van der Waals surface area contributed by atoms with Crippen molar-refractivity contribution in [2.75, 3.05) is 38.3 Å². The molecule has 2 rings (SSSR count). The summed E-state index contributed by atoms with van der Waals surface area (Å²) in [5.74, 6) is 0.457. The number of hydrogen-bond acceptors (Lipinski definition) is 5. The molecule has 2 saturated heterocycles. The minimum absolute atomic E-state index is 0.197. The Balaban J connectivity index is 2.01. The molecule has 2 heterocycles. The number of sulfone groups is 1. The lowest BCUT2D eigenvalue weighted by atomic mass is 9.91. The van der Waals surface area contributed by atoms with Crippen LogP contribution in [-0.2, 0) is 14.6 Å². The van der Waals surface area contributed by atoms with Crippen molar-refractivity contribution in [1.29, 1.82) is 0 Å². The molecule has 1 atom stereocenters. The van der Waals surface area contributed by atoms with Crippen molar-refractivity contribution >= 4 is 9.84 Å². The molecule has 2 aliphatic heterocycles. The molecule has 0 aromatic rings. The van der Waals surface area contributed by atoms with E-state index in [1.807, 2.05) is 18.9 Å². The average Bonchev–Trinajstić information content (AvgIpc) is 2.55. The Hall–Kier alpha value is -0.170. The van der Waals surface area contributed by atoms with Crippen LogP contribution in [0.4, 0.5) is 0 Å². The molecule has 0 aliphatic carbocycles. The number of likely N-dealkylation sites (N-methyl/N-ethyl adjacent to an activating group) is 1. The third-order valence-corrected chi connectivity index (χ3v) is 6.25. The number of nitrogens with zero attached hydrogens (tertiary/aromatic N) is 1. The molecule has 0 amide bonds. The molecule has 0 saturated carbocycles. The van der Waals surface area contributed by atoms with Gasteiger partial charge in [0.2, 0.25) is 0 Å². The molecule has 1 unspecified atom stereocenters. The second-order valence-electron chi connectivity index (χ2n) is 6.03. The second kappa shape index (κ2) is 4.74. The van der Waals surface area contributed by atoms with Gasteiger partial charge >= 0.3 is 0 Å². The first-order valence-electron chi connectivity index (χ1n) is 6.47. The number of β-amino-alcohol motifs (C(OH)–C–C–N with tert-alkyl or cyclic N) is 1. The zero-order chi connectivity index (χ0) is 13.4. The molecule has 1 N–H and O–H groups in total. The maximum absolute atomic E-state index is 11.6. The Morgan fingerprint density at radius 3 is 2.39 bits per heavy atom. The molecule has 2 aliphatic rings. The average molecular weight is 277 g/mol. The van der Waals surface area contributed by atoms with Gasteiger partial charge in [-0.2, -0.15) is 0 Å². The first kappa shape index (κ1) is 14.2. The highest BCUT2D eigenvalue weighted by molar-refractivity contribution is 7.91. The first-order valence-corrected chi connectivity index (χ1v) is 8.29. The van der Waals surface area contributed by atoms with Crippen LogP contribution in [-0.4, -0.2) is 67.9 Å². The third kappa shape index (κ3) is 3.04. The predicted molar refractivity (Wildman–Crippen MR) is 69.3 cm³/mol. The van der Waals surface area contributed by atoms with Gasteiger partial charge in [-0.1, -0.05) is 0 Å². The fourth-order valence-corrected chi connectivity index (χ4v) is 5.04. The fourth-order valence-electron chi connectivity index (χ4n) is 2.84. The topological polar surface area (TPSA) is 66.8 Å². The maximum atomic E-state index is 11.6. The van der Waals surface area contributed by atoms with E-state index in [4.69, 9.17) is 4.74 Å². The molecule has 0 aromatic heterocycles. The van der Waals surface area contributed by atoms with E-state index < -0.39 is 15.4 Å². The second-order valence-corrected chi connectivity index (χ2v) is 8.22. The Morgan fingerprint density at radius 1 is 1.28 bits per heavy atom. The minimum Gasteiger partial charge on any atom is -0.388 e. The van der Waals surface area contributed by atoms with E-state index in [-0.39, 0.29) is 17.0 Å². The summed E-state index contributed by atoms with van der Waals surface area (Å²) < 4.78 is 28.5. The summed E-state index contributed by atoms with van der Waals surface area (Å²) in [6.07, 6.45) is 1.90. The molecule has 0 spiro atoms. The monoisotopic (exact) mass is 277 g/mol. The van der Waals surface area contributed by atoms with Gasteiger partial charge in [-0.15, -0.1) is 0 Å². The third-order valence-electron chi connectivity index (χ3n) is 4.36. The van der Waals surface area contributed by atoms with Gasteiger partial charge in [0.15, 0.2) is 9.84 Å². The van der Waals surface area contributed by atoms with Crippen LogP contribution in [0.3, 0.4) is 0 Å². The Labute approximate surface area is 109 Å².